The number of rotatable bonds is 7. The van der Waals surface area contributed by atoms with Gasteiger partial charge in [0, 0.05) is 26.1 Å². The topological polar surface area (TPSA) is 81.8 Å². The van der Waals surface area contributed by atoms with E-state index in [1.165, 1.54) is 24.2 Å². The first-order valence-corrected chi connectivity index (χ1v) is 9.74. The Morgan fingerprint density at radius 2 is 1.76 bits per heavy atom. The Morgan fingerprint density at radius 3 is 2.48 bits per heavy atom. The maximum atomic E-state index is 12.5. The van der Waals surface area contributed by atoms with Crippen LogP contribution in [0.2, 0.25) is 0 Å². The van der Waals surface area contributed by atoms with Gasteiger partial charge in [0.25, 0.3) is 5.91 Å². The molecule has 0 unspecified atom stereocenters. The summed E-state index contributed by atoms with van der Waals surface area (Å²) in [6, 6.07) is -0.294. The van der Waals surface area contributed by atoms with E-state index in [1.54, 1.807) is 0 Å². The lowest BCUT2D eigenvalue weighted by Gasteiger charge is -2.26. The number of imide groups is 1. The fraction of sp³-hybridized carbons (Fsp3) is 0.833. The predicted molar refractivity (Wildman–Crippen MR) is 94.0 cm³/mol. The number of nitrogens with zero attached hydrogens (tertiary/aromatic N) is 2. The average molecular weight is 350 g/mol. The summed E-state index contributed by atoms with van der Waals surface area (Å²) in [6.45, 7) is 4.16. The zero-order valence-electron chi connectivity index (χ0n) is 15.0. The molecule has 25 heavy (non-hydrogen) atoms. The average Bonchev–Trinajstić information content (AvgIpc) is 3.16. The molecule has 7 nitrogen and oxygen atoms in total. The minimum atomic E-state index is -0.645. The number of piperidine rings is 1. The van der Waals surface area contributed by atoms with Gasteiger partial charge < -0.3 is 15.5 Å². The van der Waals surface area contributed by atoms with Crippen LogP contribution in [0.3, 0.4) is 0 Å². The monoisotopic (exact) mass is 350 g/mol. The van der Waals surface area contributed by atoms with Crippen LogP contribution in [0.15, 0.2) is 0 Å². The Hall–Kier alpha value is -1.63. The van der Waals surface area contributed by atoms with Gasteiger partial charge in [0.2, 0.25) is 5.91 Å². The third-order valence-electron chi connectivity index (χ3n) is 5.69. The molecule has 1 aliphatic carbocycles. The van der Waals surface area contributed by atoms with Crippen LogP contribution in [-0.2, 0) is 9.59 Å². The standard InChI is InChI=1S/C18H30N4O3/c23-15(19-10-14-21-11-4-1-5-12-21)7-6-13-22-16(24)18(20-17(22)25)8-2-3-9-18/h1-14H2,(H,19,23)(H,20,25). The minimum Gasteiger partial charge on any atom is -0.355 e. The van der Waals surface area contributed by atoms with E-state index in [-0.39, 0.29) is 17.8 Å². The molecule has 7 heteroatoms. The number of likely N-dealkylation sites (tertiary alicyclic amines) is 1. The zero-order valence-corrected chi connectivity index (χ0v) is 15.0. The molecule has 1 saturated carbocycles. The van der Waals surface area contributed by atoms with Gasteiger partial charge in [-0.15, -0.1) is 0 Å². The molecule has 0 aromatic heterocycles. The van der Waals surface area contributed by atoms with E-state index in [0.717, 1.165) is 45.3 Å². The number of carbonyl (C=O) groups excluding carboxylic acids is 3. The fourth-order valence-electron chi connectivity index (χ4n) is 4.22. The van der Waals surface area contributed by atoms with Crippen molar-refractivity contribution < 1.29 is 14.4 Å². The molecule has 0 atom stereocenters. The van der Waals surface area contributed by atoms with Crippen molar-refractivity contribution >= 4 is 17.8 Å². The maximum absolute atomic E-state index is 12.5. The van der Waals surface area contributed by atoms with Crippen LogP contribution in [0.1, 0.15) is 57.8 Å². The first-order valence-electron chi connectivity index (χ1n) is 9.74. The van der Waals surface area contributed by atoms with Crippen molar-refractivity contribution in [3.63, 3.8) is 0 Å². The second kappa shape index (κ2) is 8.17. The highest BCUT2D eigenvalue weighted by molar-refractivity contribution is 6.07. The summed E-state index contributed by atoms with van der Waals surface area (Å²) >= 11 is 0. The second-order valence-corrected chi connectivity index (χ2v) is 7.53. The molecular formula is C18H30N4O3. The number of hydrogen-bond donors (Lipinski definition) is 2. The lowest BCUT2D eigenvalue weighted by Crippen LogP contribution is -2.44. The van der Waals surface area contributed by atoms with Crippen LogP contribution in [0, 0.1) is 0 Å². The van der Waals surface area contributed by atoms with E-state index >= 15 is 0 Å². The van der Waals surface area contributed by atoms with Crippen LogP contribution in [-0.4, -0.2) is 65.9 Å². The summed E-state index contributed by atoms with van der Waals surface area (Å²) in [5.74, 6) is -0.0971. The molecule has 4 amide bonds. The quantitative estimate of drug-likeness (QED) is 0.677. The van der Waals surface area contributed by atoms with Gasteiger partial charge in [-0.05, 0) is 45.2 Å². The van der Waals surface area contributed by atoms with E-state index in [4.69, 9.17) is 0 Å². The molecule has 3 rings (SSSR count). The number of nitrogens with one attached hydrogen (secondary N) is 2. The van der Waals surface area contributed by atoms with E-state index in [9.17, 15) is 14.4 Å². The number of urea groups is 1. The number of amides is 4. The van der Waals surface area contributed by atoms with Gasteiger partial charge in [-0.1, -0.05) is 19.3 Å². The Morgan fingerprint density at radius 1 is 1.04 bits per heavy atom. The smallest absolute Gasteiger partial charge is 0.325 e. The number of hydrogen-bond acceptors (Lipinski definition) is 4. The SMILES string of the molecule is O=C(CCCN1C(=O)NC2(CCCC2)C1=O)NCCN1CCCCC1. The van der Waals surface area contributed by atoms with Crippen LogP contribution < -0.4 is 10.6 Å². The van der Waals surface area contributed by atoms with Gasteiger partial charge in [-0.3, -0.25) is 14.5 Å². The van der Waals surface area contributed by atoms with Gasteiger partial charge in [0.1, 0.15) is 5.54 Å². The first-order chi connectivity index (χ1) is 12.1. The molecular weight excluding hydrogens is 320 g/mol. The maximum Gasteiger partial charge on any atom is 0.325 e. The summed E-state index contributed by atoms with van der Waals surface area (Å²) in [5.41, 5.74) is -0.645. The molecule has 140 valence electrons. The summed E-state index contributed by atoms with van der Waals surface area (Å²) in [6.07, 6.45) is 8.14. The molecule has 1 spiro atoms. The first kappa shape index (κ1) is 18.2. The van der Waals surface area contributed by atoms with Gasteiger partial charge in [-0.25, -0.2) is 4.79 Å². The highest BCUT2D eigenvalue weighted by atomic mass is 16.2. The Kier molecular flexibility index (Phi) is 5.93. The predicted octanol–water partition coefficient (Wildman–Crippen LogP) is 1.23. The van der Waals surface area contributed by atoms with Crippen molar-refractivity contribution in [3.05, 3.63) is 0 Å². The van der Waals surface area contributed by atoms with Crippen molar-refractivity contribution in [2.45, 2.75) is 63.3 Å². The lowest BCUT2D eigenvalue weighted by molar-refractivity contribution is -0.131. The van der Waals surface area contributed by atoms with E-state index in [2.05, 4.69) is 15.5 Å². The molecule has 2 saturated heterocycles. The summed E-state index contributed by atoms with van der Waals surface area (Å²) in [7, 11) is 0. The Bertz CT molecular complexity index is 510. The zero-order chi connectivity index (χ0) is 17.7. The van der Waals surface area contributed by atoms with Crippen molar-refractivity contribution in [2.24, 2.45) is 0 Å². The largest absolute Gasteiger partial charge is 0.355 e. The molecule has 0 aromatic rings. The van der Waals surface area contributed by atoms with E-state index in [0.29, 0.717) is 25.9 Å². The highest BCUT2D eigenvalue weighted by Gasteiger charge is 2.51. The normalized spacial score (nSPS) is 23.3. The molecule has 0 radical (unpaired) electrons. The van der Waals surface area contributed by atoms with Gasteiger partial charge in [0.05, 0.1) is 0 Å². The fourth-order valence-corrected chi connectivity index (χ4v) is 4.22. The van der Waals surface area contributed by atoms with Crippen molar-refractivity contribution in [2.75, 3.05) is 32.7 Å². The lowest BCUT2D eigenvalue weighted by atomic mass is 9.98. The van der Waals surface area contributed by atoms with Gasteiger partial charge >= 0.3 is 6.03 Å². The molecule has 0 aromatic carbocycles. The number of carbonyl (C=O) groups is 3. The van der Waals surface area contributed by atoms with E-state index in [1.807, 2.05) is 0 Å². The Labute approximate surface area is 149 Å². The van der Waals surface area contributed by atoms with Gasteiger partial charge in [-0.2, -0.15) is 0 Å². The van der Waals surface area contributed by atoms with Crippen molar-refractivity contribution in [1.29, 1.82) is 0 Å². The van der Waals surface area contributed by atoms with Crippen molar-refractivity contribution in [3.8, 4) is 0 Å². The summed E-state index contributed by atoms with van der Waals surface area (Å²) in [4.78, 5) is 40.2. The molecule has 0 bridgehead atoms. The summed E-state index contributed by atoms with van der Waals surface area (Å²) < 4.78 is 0. The molecule has 2 N–H and O–H groups in total. The van der Waals surface area contributed by atoms with Crippen LogP contribution in [0.25, 0.3) is 0 Å². The minimum absolute atomic E-state index is 0.000330. The van der Waals surface area contributed by atoms with Crippen molar-refractivity contribution in [1.82, 2.24) is 20.4 Å². The third-order valence-corrected chi connectivity index (χ3v) is 5.69. The van der Waals surface area contributed by atoms with Crippen LogP contribution in [0.4, 0.5) is 4.79 Å². The molecule has 2 heterocycles. The van der Waals surface area contributed by atoms with Crippen LogP contribution >= 0.6 is 0 Å². The molecule has 3 fully saturated rings. The van der Waals surface area contributed by atoms with E-state index < -0.39 is 5.54 Å². The summed E-state index contributed by atoms with van der Waals surface area (Å²) in [5, 5.41) is 5.81. The second-order valence-electron chi connectivity index (χ2n) is 7.53. The molecule has 3 aliphatic rings. The third kappa shape index (κ3) is 4.32. The van der Waals surface area contributed by atoms with Gasteiger partial charge in [0.15, 0.2) is 0 Å². The highest BCUT2D eigenvalue weighted by Crippen LogP contribution is 2.35. The molecule has 2 aliphatic heterocycles. The Balaban J connectivity index is 1.33. The van der Waals surface area contributed by atoms with Crippen LogP contribution in [0.5, 0.6) is 0 Å².